The largest absolute Gasteiger partial charge is 0.489 e. The minimum absolute atomic E-state index is 0. The van der Waals surface area contributed by atoms with Crippen molar-refractivity contribution >= 4 is 41.3 Å². The number of halogens is 4. The molecule has 2 aromatic rings. The van der Waals surface area contributed by atoms with Crippen LogP contribution in [0.4, 0.5) is 13.2 Å². The predicted octanol–water partition coefficient (Wildman–Crippen LogP) is 4.22. The van der Waals surface area contributed by atoms with Crippen molar-refractivity contribution in [1.29, 1.82) is 0 Å². The number of hydrogen-bond donors (Lipinski definition) is 2. The molecule has 0 fully saturated rings. The number of nitrogens with zero attached hydrogens (tertiary/aromatic N) is 2. The maximum atomic E-state index is 12.6. The number of thiazole rings is 1. The van der Waals surface area contributed by atoms with E-state index in [1.165, 1.54) is 0 Å². The van der Waals surface area contributed by atoms with Gasteiger partial charge in [0.15, 0.2) is 11.7 Å². The van der Waals surface area contributed by atoms with E-state index < -0.39 is 11.9 Å². The smallest absolute Gasteiger partial charge is 0.434 e. The Morgan fingerprint density at radius 3 is 2.67 bits per heavy atom. The van der Waals surface area contributed by atoms with E-state index in [-0.39, 0.29) is 36.6 Å². The van der Waals surface area contributed by atoms with E-state index in [4.69, 9.17) is 4.74 Å². The van der Waals surface area contributed by atoms with Crippen LogP contribution in [0.1, 0.15) is 23.2 Å². The van der Waals surface area contributed by atoms with Crippen LogP contribution in [0.5, 0.6) is 5.75 Å². The molecule has 0 saturated heterocycles. The first-order valence-corrected chi connectivity index (χ1v) is 8.85. The van der Waals surface area contributed by atoms with Gasteiger partial charge in [-0.2, -0.15) is 13.2 Å². The van der Waals surface area contributed by atoms with Crippen molar-refractivity contribution in [3.63, 3.8) is 0 Å². The van der Waals surface area contributed by atoms with Crippen LogP contribution in [0, 0.1) is 6.92 Å². The van der Waals surface area contributed by atoms with Gasteiger partial charge in [-0.3, -0.25) is 4.99 Å². The van der Waals surface area contributed by atoms with Crippen LogP contribution in [0.3, 0.4) is 0 Å². The van der Waals surface area contributed by atoms with Gasteiger partial charge >= 0.3 is 6.18 Å². The Morgan fingerprint density at radius 2 is 2.07 bits per heavy atom. The monoisotopic (exact) mass is 514 g/mol. The van der Waals surface area contributed by atoms with Crippen molar-refractivity contribution in [3.05, 3.63) is 45.9 Å². The van der Waals surface area contributed by atoms with Crippen LogP contribution in [0.15, 0.2) is 34.6 Å². The first-order valence-electron chi connectivity index (χ1n) is 7.97. The van der Waals surface area contributed by atoms with Crippen LogP contribution in [0.2, 0.25) is 0 Å². The lowest BCUT2D eigenvalue weighted by Gasteiger charge is -2.17. The first kappa shape index (κ1) is 23.5. The summed E-state index contributed by atoms with van der Waals surface area (Å²) in [6, 6.07) is 7.75. The molecule has 1 unspecified atom stereocenters. The van der Waals surface area contributed by atoms with Crippen molar-refractivity contribution in [2.75, 3.05) is 13.6 Å². The summed E-state index contributed by atoms with van der Waals surface area (Å²) in [6.45, 7) is 4.55. The quantitative estimate of drug-likeness (QED) is 0.345. The van der Waals surface area contributed by atoms with E-state index in [1.807, 2.05) is 38.1 Å². The summed E-state index contributed by atoms with van der Waals surface area (Å²) in [5.41, 5.74) is 0.240. The molecular weight excluding hydrogens is 492 g/mol. The Kier molecular flexibility index (Phi) is 9.30. The Bertz CT molecular complexity index is 752. The Hall–Kier alpha value is -1.56. The number of rotatable bonds is 6. The molecule has 1 atom stereocenters. The Morgan fingerprint density at radius 1 is 1.33 bits per heavy atom. The van der Waals surface area contributed by atoms with E-state index in [2.05, 4.69) is 20.6 Å². The number of nitrogens with one attached hydrogen (secondary N) is 2. The summed E-state index contributed by atoms with van der Waals surface area (Å²) in [7, 11) is 1.59. The lowest BCUT2D eigenvalue weighted by Crippen LogP contribution is -2.41. The second-order valence-electron chi connectivity index (χ2n) is 5.68. The maximum Gasteiger partial charge on any atom is 0.434 e. The number of aryl methyl sites for hydroxylation is 1. The molecule has 0 spiro atoms. The molecule has 0 bridgehead atoms. The van der Waals surface area contributed by atoms with Crippen LogP contribution in [-0.4, -0.2) is 30.6 Å². The number of ether oxygens (including phenoxy) is 1. The van der Waals surface area contributed by atoms with Crippen LogP contribution in [-0.2, 0) is 12.7 Å². The SMILES string of the molecule is CN=C(NCc1nc(C(F)(F)F)cs1)NCC(C)Oc1cccc(C)c1.I. The lowest BCUT2D eigenvalue weighted by atomic mass is 10.2. The highest BCUT2D eigenvalue weighted by atomic mass is 127. The molecule has 0 aliphatic heterocycles. The summed E-state index contributed by atoms with van der Waals surface area (Å²) in [4.78, 5) is 7.62. The number of aliphatic imine (C=N–C) groups is 1. The Balaban J connectivity index is 0.00000364. The standard InChI is InChI=1S/C17H21F3N4OS.HI/c1-11-5-4-6-13(7-11)25-12(2)8-22-16(21-3)23-9-15-24-14(10-26-15)17(18,19)20;/h4-7,10,12H,8-9H2,1-3H3,(H2,21,22,23);1H. The number of guanidine groups is 1. The van der Waals surface area contributed by atoms with Gasteiger partial charge in [-0.25, -0.2) is 4.98 Å². The van der Waals surface area contributed by atoms with Crippen molar-refractivity contribution in [1.82, 2.24) is 15.6 Å². The molecule has 150 valence electrons. The normalized spacial score (nSPS) is 12.9. The molecule has 0 aliphatic carbocycles. The zero-order chi connectivity index (χ0) is 19.2. The number of alkyl halides is 3. The van der Waals surface area contributed by atoms with Gasteiger partial charge in [0.1, 0.15) is 16.9 Å². The molecule has 2 rings (SSSR count). The molecule has 1 aromatic heterocycles. The van der Waals surface area contributed by atoms with E-state index in [1.54, 1.807) is 7.05 Å². The van der Waals surface area contributed by atoms with Crippen LogP contribution < -0.4 is 15.4 Å². The Labute approximate surface area is 177 Å². The fraction of sp³-hybridized carbons (Fsp3) is 0.412. The highest BCUT2D eigenvalue weighted by Crippen LogP contribution is 2.29. The molecule has 1 heterocycles. The topological polar surface area (TPSA) is 58.5 Å². The zero-order valence-corrected chi connectivity index (χ0v) is 18.3. The number of benzene rings is 1. The fourth-order valence-corrected chi connectivity index (χ4v) is 2.85. The average molecular weight is 514 g/mol. The van der Waals surface area contributed by atoms with Crippen molar-refractivity contribution in [2.45, 2.75) is 32.7 Å². The molecule has 27 heavy (non-hydrogen) atoms. The second kappa shape index (κ2) is 10.7. The third-order valence-corrected chi connectivity index (χ3v) is 4.21. The minimum Gasteiger partial charge on any atom is -0.489 e. The van der Waals surface area contributed by atoms with Gasteiger partial charge in [-0.15, -0.1) is 35.3 Å². The molecule has 0 saturated carbocycles. The highest BCUT2D eigenvalue weighted by Gasteiger charge is 2.33. The van der Waals surface area contributed by atoms with Gasteiger partial charge in [0.2, 0.25) is 0 Å². The molecule has 0 radical (unpaired) electrons. The van der Waals surface area contributed by atoms with Crippen LogP contribution in [0.25, 0.3) is 0 Å². The van der Waals surface area contributed by atoms with Gasteiger partial charge in [-0.1, -0.05) is 12.1 Å². The molecule has 0 amide bonds. The highest BCUT2D eigenvalue weighted by molar-refractivity contribution is 14.0. The summed E-state index contributed by atoms with van der Waals surface area (Å²) in [6.07, 6.45) is -4.54. The molecule has 1 aromatic carbocycles. The summed E-state index contributed by atoms with van der Waals surface area (Å²) < 4.78 is 43.5. The summed E-state index contributed by atoms with van der Waals surface area (Å²) >= 11 is 0.955. The molecule has 2 N–H and O–H groups in total. The second-order valence-corrected chi connectivity index (χ2v) is 6.62. The van der Waals surface area contributed by atoms with Gasteiger partial charge in [0.05, 0.1) is 13.1 Å². The van der Waals surface area contributed by atoms with E-state index in [0.717, 1.165) is 28.0 Å². The minimum atomic E-state index is -4.42. The average Bonchev–Trinajstić information content (AvgIpc) is 3.04. The molecule has 5 nitrogen and oxygen atoms in total. The third-order valence-electron chi connectivity index (χ3n) is 3.36. The number of aromatic nitrogens is 1. The van der Waals surface area contributed by atoms with Gasteiger partial charge in [-0.05, 0) is 31.5 Å². The molecular formula is C17H22F3IN4OS. The molecule has 0 aliphatic rings. The van der Waals surface area contributed by atoms with E-state index in [9.17, 15) is 13.2 Å². The predicted molar refractivity (Wildman–Crippen MR) is 112 cm³/mol. The van der Waals surface area contributed by atoms with Crippen molar-refractivity contribution < 1.29 is 17.9 Å². The van der Waals surface area contributed by atoms with Gasteiger partial charge in [0.25, 0.3) is 0 Å². The number of hydrogen-bond acceptors (Lipinski definition) is 4. The maximum absolute atomic E-state index is 12.6. The van der Waals surface area contributed by atoms with Crippen molar-refractivity contribution in [3.8, 4) is 5.75 Å². The lowest BCUT2D eigenvalue weighted by molar-refractivity contribution is -0.140. The van der Waals surface area contributed by atoms with Gasteiger partial charge in [0, 0.05) is 12.4 Å². The third kappa shape index (κ3) is 7.91. The summed E-state index contributed by atoms with van der Waals surface area (Å²) in [5.74, 6) is 1.25. The fourth-order valence-electron chi connectivity index (χ4n) is 2.11. The van der Waals surface area contributed by atoms with Gasteiger partial charge < -0.3 is 15.4 Å². The van der Waals surface area contributed by atoms with E-state index >= 15 is 0 Å². The first-order chi connectivity index (χ1) is 12.3. The van der Waals surface area contributed by atoms with E-state index in [0.29, 0.717) is 17.5 Å². The zero-order valence-electron chi connectivity index (χ0n) is 15.1. The van der Waals surface area contributed by atoms with Crippen molar-refractivity contribution in [2.24, 2.45) is 4.99 Å². The molecule has 10 heteroatoms. The van der Waals surface area contributed by atoms with Crippen LogP contribution >= 0.6 is 35.3 Å². The summed E-state index contributed by atoms with van der Waals surface area (Å²) in [5, 5.41) is 7.36.